The molecule has 0 spiro atoms. The van der Waals surface area contributed by atoms with Crippen LogP contribution in [-0.2, 0) is 6.54 Å². The Hall–Kier alpha value is -1.90. The van der Waals surface area contributed by atoms with Crippen LogP contribution in [0.25, 0.3) is 0 Å². The zero-order valence-electron chi connectivity index (χ0n) is 10.1. The number of rotatable bonds is 4. The molecule has 0 amide bonds. The number of aldehydes is 1. The fourth-order valence-electron chi connectivity index (χ4n) is 1.71. The number of hydrogen-bond acceptors (Lipinski definition) is 2. The molecule has 0 bridgehead atoms. The predicted molar refractivity (Wildman–Crippen MR) is 67.2 cm³/mol. The van der Waals surface area contributed by atoms with E-state index in [1.165, 1.54) is 0 Å². The van der Waals surface area contributed by atoms with Crippen molar-refractivity contribution >= 4 is 6.29 Å². The smallest absolute Gasteiger partial charge is 0.168 e. The number of nitrogens with zero attached hydrogens (tertiary/aromatic N) is 2. The first-order valence-electron chi connectivity index (χ1n) is 5.77. The zero-order chi connectivity index (χ0) is 12.3. The molecule has 0 atom stereocenters. The Labute approximate surface area is 101 Å². The van der Waals surface area contributed by atoms with Gasteiger partial charge in [-0.05, 0) is 17.5 Å². The second kappa shape index (κ2) is 4.95. The van der Waals surface area contributed by atoms with Crippen molar-refractivity contribution in [1.82, 2.24) is 9.78 Å². The molecule has 0 N–H and O–H groups in total. The van der Waals surface area contributed by atoms with Gasteiger partial charge in [0.15, 0.2) is 6.29 Å². The van der Waals surface area contributed by atoms with E-state index in [2.05, 4.69) is 18.9 Å². The highest BCUT2D eigenvalue weighted by molar-refractivity contribution is 5.72. The normalized spacial score (nSPS) is 10.8. The van der Waals surface area contributed by atoms with E-state index in [9.17, 15) is 4.79 Å². The van der Waals surface area contributed by atoms with Crippen LogP contribution >= 0.6 is 0 Å². The molecule has 0 aliphatic carbocycles. The van der Waals surface area contributed by atoms with Crippen molar-refractivity contribution in [2.45, 2.75) is 26.3 Å². The van der Waals surface area contributed by atoms with E-state index in [0.29, 0.717) is 18.2 Å². The summed E-state index contributed by atoms with van der Waals surface area (Å²) in [7, 11) is 0. The summed E-state index contributed by atoms with van der Waals surface area (Å²) >= 11 is 0. The van der Waals surface area contributed by atoms with Gasteiger partial charge in [-0.15, -0.1) is 0 Å². The molecule has 0 saturated carbocycles. The van der Waals surface area contributed by atoms with Crippen molar-refractivity contribution in [3.8, 4) is 0 Å². The van der Waals surface area contributed by atoms with Crippen LogP contribution in [0, 0.1) is 0 Å². The lowest BCUT2D eigenvalue weighted by atomic mass is 10.1. The topological polar surface area (TPSA) is 34.9 Å². The Balaban J connectivity index is 2.29. The molecule has 1 aromatic heterocycles. The molecule has 1 aromatic carbocycles. The summed E-state index contributed by atoms with van der Waals surface area (Å²) in [5, 5.41) is 4.46. The molecule has 1 heterocycles. The molecule has 0 saturated heterocycles. The summed E-state index contributed by atoms with van der Waals surface area (Å²) in [6.07, 6.45) is 0.863. The van der Waals surface area contributed by atoms with Crippen molar-refractivity contribution in [2.24, 2.45) is 0 Å². The van der Waals surface area contributed by atoms with E-state index >= 15 is 0 Å². The standard InChI is InChI=1S/C14H16N2O/c1-11(2)14-8-13(10-17)16(15-14)9-12-6-4-3-5-7-12/h3-8,10-11H,9H2,1-2H3. The Morgan fingerprint density at radius 2 is 2.00 bits per heavy atom. The maximum absolute atomic E-state index is 11.0. The number of carbonyl (C=O) groups is 1. The minimum Gasteiger partial charge on any atom is -0.296 e. The minimum absolute atomic E-state index is 0.339. The summed E-state index contributed by atoms with van der Waals surface area (Å²) < 4.78 is 1.76. The number of hydrogen-bond donors (Lipinski definition) is 0. The lowest BCUT2D eigenvalue weighted by Crippen LogP contribution is -2.06. The summed E-state index contributed by atoms with van der Waals surface area (Å²) in [6.45, 7) is 4.79. The maximum Gasteiger partial charge on any atom is 0.168 e. The predicted octanol–water partition coefficient (Wildman–Crippen LogP) is 2.87. The first-order valence-corrected chi connectivity index (χ1v) is 5.77. The molecule has 2 rings (SSSR count). The third kappa shape index (κ3) is 2.61. The average Bonchev–Trinajstić information content (AvgIpc) is 2.74. The van der Waals surface area contributed by atoms with Crippen LogP contribution < -0.4 is 0 Å². The van der Waals surface area contributed by atoms with E-state index in [0.717, 1.165) is 17.5 Å². The Kier molecular flexibility index (Phi) is 3.38. The summed E-state index contributed by atoms with van der Waals surface area (Å²) in [6, 6.07) is 11.9. The fourth-order valence-corrected chi connectivity index (χ4v) is 1.71. The fraction of sp³-hybridized carbons (Fsp3) is 0.286. The third-order valence-corrected chi connectivity index (χ3v) is 2.72. The molecule has 88 valence electrons. The molecular weight excluding hydrogens is 212 g/mol. The quantitative estimate of drug-likeness (QED) is 0.754. The van der Waals surface area contributed by atoms with Crippen LogP contribution in [0.1, 0.15) is 41.5 Å². The molecule has 0 radical (unpaired) electrons. The largest absolute Gasteiger partial charge is 0.296 e. The monoisotopic (exact) mass is 228 g/mol. The van der Waals surface area contributed by atoms with Gasteiger partial charge in [-0.3, -0.25) is 9.48 Å². The molecule has 3 nitrogen and oxygen atoms in total. The van der Waals surface area contributed by atoms with Crippen molar-refractivity contribution in [3.05, 3.63) is 53.3 Å². The van der Waals surface area contributed by atoms with Crippen molar-refractivity contribution in [1.29, 1.82) is 0 Å². The van der Waals surface area contributed by atoms with E-state index in [-0.39, 0.29) is 0 Å². The molecular formula is C14H16N2O. The SMILES string of the molecule is CC(C)c1cc(C=O)n(Cc2ccccc2)n1. The number of carbonyl (C=O) groups excluding carboxylic acids is 1. The summed E-state index contributed by atoms with van der Waals surface area (Å²) in [5.41, 5.74) is 2.74. The van der Waals surface area contributed by atoms with E-state index in [1.807, 2.05) is 36.4 Å². The van der Waals surface area contributed by atoms with E-state index in [1.54, 1.807) is 4.68 Å². The van der Waals surface area contributed by atoms with Gasteiger partial charge >= 0.3 is 0 Å². The van der Waals surface area contributed by atoms with Gasteiger partial charge in [0.1, 0.15) is 5.69 Å². The van der Waals surface area contributed by atoms with Crippen molar-refractivity contribution < 1.29 is 4.79 Å². The van der Waals surface area contributed by atoms with Crippen LogP contribution in [0.2, 0.25) is 0 Å². The highest BCUT2D eigenvalue weighted by Gasteiger charge is 2.09. The van der Waals surface area contributed by atoms with Gasteiger partial charge in [-0.2, -0.15) is 5.10 Å². The van der Waals surface area contributed by atoms with Crippen LogP contribution in [0.4, 0.5) is 0 Å². The molecule has 0 aliphatic rings. The Morgan fingerprint density at radius 3 is 2.59 bits per heavy atom. The van der Waals surface area contributed by atoms with Crippen LogP contribution in [0.3, 0.4) is 0 Å². The summed E-state index contributed by atoms with van der Waals surface area (Å²) in [4.78, 5) is 11.0. The molecule has 3 heteroatoms. The first-order chi connectivity index (χ1) is 8.20. The molecule has 0 unspecified atom stereocenters. The van der Waals surface area contributed by atoms with Gasteiger partial charge in [-0.1, -0.05) is 44.2 Å². The Bertz CT molecular complexity index is 500. The highest BCUT2D eigenvalue weighted by atomic mass is 16.1. The first kappa shape index (κ1) is 11.6. The van der Waals surface area contributed by atoms with Crippen molar-refractivity contribution in [3.63, 3.8) is 0 Å². The molecule has 0 fully saturated rings. The molecule has 2 aromatic rings. The summed E-state index contributed by atoms with van der Waals surface area (Å²) in [5.74, 6) is 0.339. The maximum atomic E-state index is 11.0. The van der Waals surface area contributed by atoms with Crippen molar-refractivity contribution in [2.75, 3.05) is 0 Å². The van der Waals surface area contributed by atoms with Gasteiger partial charge in [0, 0.05) is 0 Å². The molecule has 17 heavy (non-hydrogen) atoms. The van der Waals surface area contributed by atoms with Gasteiger partial charge in [0.05, 0.1) is 12.2 Å². The zero-order valence-corrected chi connectivity index (χ0v) is 10.1. The lowest BCUT2D eigenvalue weighted by molar-refractivity contribution is 0.111. The molecule has 0 aliphatic heterocycles. The van der Waals surface area contributed by atoms with Crippen LogP contribution in [0.15, 0.2) is 36.4 Å². The second-order valence-corrected chi connectivity index (χ2v) is 4.41. The minimum atomic E-state index is 0.339. The van der Waals surface area contributed by atoms with E-state index in [4.69, 9.17) is 0 Å². The van der Waals surface area contributed by atoms with E-state index < -0.39 is 0 Å². The highest BCUT2D eigenvalue weighted by Crippen LogP contribution is 2.14. The van der Waals surface area contributed by atoms with Gasteiger partial charge < -0.3 is 0 Å². The van der Waals surface area contributed by atoms with Gasteiger partial charge in [0.2, 0.25) is 0 Å². The Morgan fingerprint density at radius 1 is 1.29 bits per heavy atom. The number of aromatic nitrogens is 2. The lowest BCUT2D eigenvalue weighted by Gasteiger charge is -2.03. The second-order valence-electron chi connectivity index (χ2n) is 4.41. The number of benzene rings is 1. The van der Waals surface area contributed by atoms with Gasteiger partial charge in [-0.25, -0.2) is 0 Å². The average molecular weight is 228 g/mol. The van der Waals surface area contributed by atoms with Crippen LogP contribution in [-0.4, -0.2) is 16.1 Å². The third-order valence-electron chi connectivity index (χ3n) is 2.72. The van der Waals surface area contributed by atoms with Crippen LogP contribution in [0.5, 0.6) is 0 Å². The van der Waals surface area contributed by atoms with Gasteiger partial charge in [0.25, 0.3) is 0 Å².